The third kappa shape index (κ3) is 2.40. The second-order valence-corrected chi connectivity index (χ2v) is 4.80. The first-order valence-electron chi connectivity index (χ1n) is 6.48. The maximum atomic E-state index is 11.9. The van der Waals surface area contributed by atoms with Gasteiger partial charge in [-0.2, -0.15) is 0 Å². The summed E-state index contributed by atoms with van der Waals surface area (Å²) < 4.78 is 1.83. The lowest BCUT2D eigenvalue weighted by atomic mass is 10.0. The molecule has 1 aromatic heterocycles. The lowest BCUT2D eigenvalue weighted by Crippen LogP contribution is -2.06. The van der Waals surface area contributed by atoms with Crippen LogP contribution in [0.5, 0.6) is 0 Å². The number of aryl methyl sites for hydroxylation is 2. The van der Waals surface area contributed by atoms with Crippen molar-refractivity contribution in [1.82, 2.24) is 9.78 Å². The van der Waals surface area contributed by atoms with Crippen LogP contribution in [0.4, 0.5) is 0 Å². The molecular formula is C15H20N2O. The van der Waals surface area contributed by atoms with E-state index in [1.54, 1.807) is 0 Å². The van der Waals surface area contributed by atoms with Gasteiger partial charge < -0.3 is 0 Å². The van der Waals surface area contributed by atoms with E-state index < -0.39 is 0 Å². The topological polar surface area (TPSA) is 37.8 Å². The molecule has 0 atom stereocenters. The second kappa shape index (κ2) is 5.25. The summed E-state index contributed by atoms with van der Waals surface area (Å²) in [5.41, 5.74) is 4.31. The third-order valence-electron chi connectivity index (χ3n) is 3.27. The lowest BCUT2D eigenvalue weighted by Gasteiger charge is -2.06. The normalized spacial score (nSPS) is 10.8. The second-order valence-electron chi connectivity index (χ2n) is 4.80. The molecule has 1 heterocycles. The largest absolute Gasteiger partial charge is 0.287 e. The number of benzene rings is 1. The van der Waals surface area contributed by atoms with Gasteiger partial charge in [-0.3, -0.25) is 14.6 Å². The first kappa shape index (κ1) is 12.7. The van der Waals surface area contributed by atoms with E-state index in [2.05, 4.69) is 43.2 Å². The zero-order valence-corrected chi connectivity index (χ0v) is 11.3. The van der Waals surface area contributed by atoms with Gasteiger partial charge in [-0.15, -0.1) is 0 Å². The molecule has 3 heteroatoms. The van der Waals surface area contributed by atoms with Gasteiger partial charge in [0.2, 0.25) is 0 Å². The van der Waals surface area contributed by atoms with Crippen LogP contribution in [0, 0.1) is 6.92 Å². The number of H-pyrrole nitrogens is 1. The molecule has 0 fully saturated rings. The number of aromatic nitrogens is 2. The summed E-state index contributed by atoms with van der Waals surface area (Å²) in [6, 6.07) is 8.31. The summed E-state index contributed by atoms with van der Waals surface area (Å²) in [6.45, 7) is 4.21. The van der Waals surface area contributed by atoms with Crippen molar-refractivity contribution < 1.29 is 0 Å². The fraction of sp³-hybridized carbons (Fsp3) is 0.400. The van der Waals surface area contributed by atoms with Crippen LogP contribution in [-0.4, -0.2) is 9.78 Å². The highest BCUT2D eigenvalue weighted by atomic mass is 16.1. The molecule has 2 rings (SSSR count). The molecular weight excluding hydrogens is 224 g/mol. The molecule has 1 aromatic carbocycles. The molecule has 96 valence electrons. The van der Waals surface area contributed by atoms with E-state index in [-0.39, 0.29) is 5.56 Å². The highest BCUT2D eigenvalue weighted by molar-refractivity contribution is 5.63. The summed E-state index contributed by atoms with van der Waals surface area (Å²) in [6.07, 6.45) is 2.99. The molecule has 2 aromatic rings. The average Bonchev–Trinajstić information content (AvgIpc) is 2.62. The number of unbranched alkanes of at least 4 members (excludes halogenated alkanes) is 1. The monoisotopic (exact) mass is 244 g/mol. The van der Waals surface area contributed by atoms with Crippen LogP contribution in [0.3, 0.4) is 0 Å². The quantitative estimate of drug-likeness (QED) is 0.882. The van der Waals surface area contributed by atoms with Gasteiger partial charge in [-0.05, 0) is 19.8 Å². The minimum Gasteiger partial charge on any atom is -0.287 e. The molecule has 0 aliphatic heterocycles. The van der Waals surface area contributed by atoms with Crippen LogP contribution in [0.25, 0.3) is 11.3 Å². The number of hydrogen-bond donors (Lipinski definition) is 1. The Morgan fingerprint density at radius 2 is 1.89 bits per heavy atom. The van der Waals surface area contributed by atoms with E-state index in [0.717, 1.165) is 36.1 Å². The molecule has 0 unspecified atom stereocenters. The van der Waals surface area contributed by atoms with Gasteiger partial charge in [0.05, 0.1) is 5.69 Å². The zero-order chi connectivity index (χ0) is 13.1. The number of hydrogen-bond acceptors (Lipinski definition) is 1. The maximum Gasteiger partial charge on any atom is 0.267 e. The number of aromatic amines is 1. The van der Waals surface area contributed by atoms with Crippen LogP contribution in [0.2, 0.25) is 0 Å². The molecule has 0 saturated carbocycles. The van der Waals surface area contributed by atoms with Gasteiger partial charge in [0, 0.05) is 18.2 Å². The van der Waals surface area contributed by atoms with E-state index in [1.165, 1.54) is 5.56 Å². The number of rotatable bonds is 4. The van der Waals surface area contributed by atoms with Crippen LogP contribution in [-0.2, 0) is 13.5 Å². The summed E-state index contributed by atoms with van der Waals surface area (Å²) in [5.74, 6) is 0. The van der Waals surface area contributed by atoms with E-state index in [1.807, 2.05) is 11.7 Å². The van der Waals surface area contributed by atoms with Crippen molar-refractivity contribution in [3.05, 3.63) is 45.7 Å². The summed E-state index contributed by atoms with van der Waals surface area (Å²) in [4.78, 5) is 11.9. The van der Waals surface area contributed by atoms with Gasteiger partial charge in [0.1, 0.15) is 0 Å². The lowest BCUT2D eigenvalue weighted by molar-refractivity contribution is 0.764. The Kier molecular flexibility index (Phi) is 3.70. The Bertz CT molecular complexity index is 576. The first-order valence-corrected chi connectivity index (χ1v) is 6.48. The van der Waals surface area contributed by atoms with E-state index in [4.69, 9.17) is 0 Å². The van der Waals surface area contributed by atoms with Gasteiger partial charge in [-0.25, -0.2) is 0 Å². The fourth-order valence-corrected chi connectivity index (χ4v) is 2.25. The van der Waals surface area contributed by atoms with Crippen molar-refractivity contribution >= 4 is 0 Å². The number of nitrogens with one attached hydrogen (secondary N) is 1. The number of nitrogens with zero attached hydrogens (tertiary/aromatic N) is 1. The average molecular weight is 244 g/mol. The molecule has 1 N–H and O–H groups in total. The van der Waals surface area contributed by atoms with Crippen molar-refractivity contribution in [3.8, 4) is 11.3 Å². The Labute approximate surface area is 107 Å². The van der Waals surface area contributed by atoms with Crippen molar-refractivity contribution in [1.29, 1.82) is 0 Å². The molecule has 0 amide bonds. The SMILES string of the molecule is CCCCc1c(-c2ccc(C)cc2)n(C)[nH]c1=O. The maximum absolute atomic E-state index is 11.9. The predicted molar refractivity (Wildman–Crippen MR) is 74.8 cm³/mol. The van der Waals surface area contributed by atoms with Crippen LogP contribution < -0.4 is 5.56 Å². The van der Waals surface area contributed by atoms with Gasteiger partial charge in [-0.1, -0.05) is 43.2 Å². The molecule has 0 aliphatic rings. The summed E-state index contributed by atoms with van der Waals surface area (Å²) >= 11 is 0. The molecule has 3 nitrogen and oxygen atoms in total. The fourth-order valence-electron chi connectivity index (χ4n) is 2.25. The Balaban J connectivity index is 2.48. The van der Waals surface area contributed by atoms with Crippen LogP contribution >= 0.6 is 0 Å². The Hall–Kier alpha value is -1.77. The minimum absolute atomic E-state index is 0.0431. The molecule has 0 aliphatic carbocycles. The highest BCUT2D eigenvalue weighted by Gasteiger charge is 2.13. The van der Waals surface area contributed by atoms with E-state index in [9.17, 15) is 4.79 Å². The van der Waals surface area contributed by atoms with Crippen molar-refractivity contribution in [2.75, 3.05) is 0 Å². The van der Waals surface area contributed by atoms with Gasteiger partial charge in [0.25, 0.3) is 5.56 Å². The van der Waals surface area contributed by atoms with Crippen molar-refractivity contribution in [3.63, 3.8) is 0 Å². The van der Waals surface area contributed by atoms with Gasteiger partial charge in [0.15, 0.2) is 0 Å². The molecule has 0 saturated heterocycles. The third-order valence-corrected chi connectivity index (χ3v) is 3.27. The van der Waals surface area contributed by atoms with Crippen LogP contribution in [0.15, 0.2) is 29.1 Å². The molecule has 0 radical (unpaired) electrons. The Morgan fingerprint density at radius 3 is 2.50 bits per heavy atom. The smallest absolute Gasteiger partial charge is 0.267 e. The molecule has 0 spiro atoms. The zero-order valence-electron chi connectivity index (χ0n) is 11.3. The predicted octanol–water partition coefficient (Wildman–Crippen LogP) is 3.03. The molecule has 18 heavy (non-hydrogen) atoms. The summed E-state index contributed by atoms with van der Waals surface area (Å²) in [5, 5.41) is 2.86. The minimum atomic E-state index is 0.0431. The van der Waals surface area contributed by atoms with E-state index >= 15 is 0 Å². The van der Waals surface area contributed by atoms with Crippen molar-refractivity contribution in [2.24, 2.45) is 7.05 Å². The van der Waals surface area contributed by atoms with Gasteiger partial charge >= 0.3 is 0 Å². The van der Waals surface area contributed by atoms with Crippen LogP contribution in [0.1, 0.15) is 30.9 Å². The standard InChI is InChI=1S/C15H20N2O/c1-4-5-6-13-14(17(3)16-15(13)18)12-9-7-11(2)8-10-12/h7-10H,4-6H2,1-3H3,(H,16,18). The molecule has 0 bridgehead atoms. The Morgan fingerprint density at radius 1 is 1.22 bits per heavy atom. The van der Waals surface area contributed by atoms with E-state index in [0.29, 0.717) is 0 Å². The summed E-state index contributed by atoms with van der Waals surface area (Å²) in [7, 11) is 1.89. The first-order chi connectivity index (χ1) is 8.63. The van der Waals surface area contributed by atoms with Crippen molar-refractivity contribution in [2.45, 2.75) is 33.1 Å². The highest BCUT2D eigenvalue weighted by Crippen LogP contribution is 2.22.